The number of rotatable bonds is 5. The molecule has 4 aliphatic carbocycles. The molecule has 4 aliphatic rings. The molecule has 31 heavy (non-hydrogen) atoms. The van der Waals surface area contributed by atoms with Gasteiger partial charge in [-0.15, -0.1) is 5.75 Å². The van der Waals surface area contributed by atoms with Gasteiger partial charge >= 0.3 is 5.97 Å². The Balaban J connectivity index is 1.61. The van der Waals surface area contributed by atoms with Gasteiger partial charge in [0.25, 0.3) is 0 Å². The maximum atomic E-state index is 13.1. The van der Waals surface area contributed by atoms with E-state index in [1.165, 1.54) is 25.3 Å². The topological polar surface area (TPSA) is 69.6 Å². The van der Waals surface area contributed by atoms with Crippen LogP contribution in [0.4, 0.5) is 0 Å². The van der Waals surface area contributed by atoms with Crippen LogP contribution in [0.2, 0.25) is 5.02 Å². The summed E-state index contributed by atoms with van der Waals surface area (Å²) >= 11 is 6.37. The lowest BCUT2D eigenvalue weighted by molar-refractivity contribution is -0.271. The fourth-order valence-electron chi connectivity index (χ4n) is 6.89. The van der Waals surface area contributed by atoms with Gasteiger partial charge in [-0.2, -0.15) is 0 Å². The molecule has 0 unspecified atom stereocenters. The number of benzene rings is 2. The molecule has 0 aliphatic heterocycles. The number of hydrogen-bond acceptors (Lipinski definition) is 3. The maximum Gasteiger partial charge on any atom is 0.328 e. The van der Waals surface area contributed by atoms with E-state index in [0.29, 0.717) is 16.3 Å². The second-order valence-corrected chi connectivity index (χ2v) is 10.1. The first kappa shape index (κ1) is 20.4. The molecule has 5 heteroatoms. The number of methoxy groups -OCH3 is 1. The fraction of sp³-hybridized carbons (Fsp3) is 0.423. The predicted octanol–water partition coefficient (Wildman–Crippen LogP) is 5.65. The lowest BCUT2D eigenvalue weighted by Crippen LogP contribution is -2.48. The Morgan fingerprint density at radius 1 is 1.13 bits per heavy atom. The van der Waals surface area contributed by atoms with Crippen molar-refractivity contribution in [2.24, 2.45) is 17.8 Å². The van der Waals surface area contributed by atoms with Gasteiger partial charge in [-0.3, -0.25) is 0 Å². The summed E-state index contributed by atoms with van der Waals surface area (Å²) < 4.78 is 5.66. The van der Waals surface area contributed by atoms with E-state index in [2.05, 4.69) is 0 Å². The largest absolute Gasteiger partial charge is 0.872 e. The van der Waals surface area contributed by atoms with Crippen LogP contribution >= 0.6 is 11.6 Å². The van der Waals surface area contributed by atoms with Crippen molar-refractivity contribution in [3.05, 3.63) is 52.6 Å². The molecule has 4 bridgehead atoms. The summed E-state index contributed by atoms with van der Waals surface area (Å²) in [7, 11) is 1.56. The summed E-state index contributed by atoms with van der Waals surface area (Å²) in [5.74, 6) is 1.89. The molecule has 6 rings (SSSR count). The minimum absolute atomic E-state index is 0.000304. The molecular weight excluding hydrogens is 412 g/mol. The van der Waals surface area contributed by atoms with E-state index in [9.17, 15) is 9.90 Å². The fourth-order valence-corrected chi connectivity index (χ4v) is 7.12. The highest BCUT2D eigenvalue weighted by Crippen LogP contribution is 2.62. The quantitative estimate of drug-likeness (QED) is 0.613. The molecular formula is C26H26ClO4-. The van der Waals surface area contributed by atoms with Crippen LogP contribution in [0.3, 0.4) is 0 Å². The molecule has 0 saturated heterocycles. The maximum absolute atomic E-state index is 13.1. The molecule has 162 valence electrons. The molecule has 0 radical (unpaired) electrons. The third-order valence-electron chi connectivity index (χ3n) is 7.59. The smallest absolute Gasteiger partial charge is 0.328 e. The first-order valence-electron chi connectivity index (χ1n) is 11.0. The molecule has 0 spiro atoms. The Morgan fingerprint density at radius 2 is 1.77 bits per heavy atom. The summed E-state index contributed by atoms with van der Waals surface area (Å²) in [6.45, 7) is 0. The molecule has 2 aromatic carbocycles. The zero-order valence-corrected chi connectivity index (χ0v) is 18.3. The zero-order valence-electron chi connectivity index (χ0n) is 17.6. The van der Waals surface area contributed by atoms with Gasteiger partial charge in [0.05, 0.1) is 7.11 Å². The summed E-state index contributed by atoms with van der Waals surface area (Å²) in [5, 5.41) is 22.6. The SMILES string of the molecule is COc1c(/C=C/C(=O)O)cc(Cl)cc1-c1ccc([O-])c(C23CC4CC(CC(C4)C2)C3)c1. The lowest BCUT2D eigenvalue weighted by Gasteiger charge is -2.58. The van der Waals surface area contributed by atoms with Gasteiger partial charge in [0.1, 0.15) is 5.75 Å². The molecule has 4 fully saturated rings. The van der Waals surface area contributed by atoms with Crippen LogP contribution < -0.4 is 9.84 Å². The predicted molar refractivity (Wildman–Crippen MR) is 119 cm³/mol. The Bertz CT molecular complexity index is 1040. The normalized spacial score (nSPS) is 28.9. The first-order chi connectivity index (χ1) is 14.9. The Kier molecular flexibility index (Phi) is 5.01. The molecule has 0 atom stereocenters. The third kappa shape index (κ3) is 3.61. The standard InChI is InChI=1S/C26H27ClO4/c1-31-25-19(3-5-24(29)30)9-20(27)11-21(25)18-2-4-23(28)22(10-18)26-12-15-6-16(13-26)8-17(7-15)14-26/h2-5,9-11,15-17,28H,6-8,12-14H2,1H3,(H,29,30)/p-1/b5-3+. The Labute approximate surface area is 187 Å². The molecule has 0 amide bonds. The monoisotopic (exact) mass is 437 g/mol. The molecule has 0 aromatic heterocycles. The van der Waals surface area contributed by atoms with E-state index in [-0.39, 0.29) is 11.2 Å². The third-order valence-corrected chi connectivity index (χ3v) is 7.81. The van der Waals surface area contributed by atoms with Gasteiger partial charge in [-0.25, -0.2) is 4.79 Å². The minimum atomic E-state index is -1.04. The summed E-state index contributed by atoms with van der Waals surface area (Å²) in [4.78, 5) is 11.0. The second kappa shape index (κ2) is 7.59. The molecule has 4 nitrogen and oxygen atoms in total. The van der Waals surface area contributed by atoms with Crippen LogP contribution in [0.1, 0.15) is 49.7 Å². The van der Waals surface area contributed by atoms with Crippen molar-refractivity contribution in [1.29, 1.82) is 0 Å². The number of halogens is 1. The van der Waals surface area contributed by atoms with Crippen molar-refractivity contribution in [2.75, 3.05) is 7.11 Å². The number of hydrogen-bond donors (Lipinski definition) is 1. The van der Waals surface area contributed by atoms with E-state index in [1.807, 2.05) is 18.2 Å². The number of ether oxygens (including phenoxy) is 1. The number of carboxylic acid groups (broad SMARTS) is 1. The molecule has 0 heterocycles. The van der Waals surface area contributed by atoms with Crippen LogP contribution in [-0.4, -0.2) is 18.2 Å². The van der Waals surface area contributed by atoms with E-state index in [4.69, 9.17) is 21.4 Å². The van der Waals surface area contributed by atoms with Gasteiger partial charge < -0.3 is 14.9 Å². The van der Waals surface area contributed by atoms with Crippen LogP contribution in [0.25, 0.3) is 17.2 Å². The minimum Gasteiger partial charge on any atom is -0.872 e. The van der Waals surface area contributed by atoms with Gasteiger partial charge in [0.15, 0.2) is 0 Å². The van der Waals surface area contributed by atoms with Crippen LogP contribution in [0, 0.1) is 17.8 Å². The van der Waals surface area contributed by atoms with Crippen LogP contribution in [-0.2, 0) is 10.2 Å². The summed E-state index contributed by atoms with van der Waals surface area (Å²) in [6.07, 6.45) is 9.90. The van der Waals surface area contributed by atoms with Gasteiger partial charge in [0.2, 0.25) is 0 Å². The van der Waals surface area contributed by atoms with Crippen molar-refractivity contribution >= 4 is 23.6 Å². The summed E-state index contributed by atoms with van der Waals surface area (Å²) in [5.41, 5.74) is 3.18. The molecule has 2 aromatic rings. The van der Waals surface area contributed by atoms with Gasteiger partial charge in [-0.1, -0.05) is 29.8 Å². The number of aliphatic carboxylic acids is 1. The van der Waals surface area contributed by atoms with E-state index < -0.39 is 5.97 Å². The van der Waals surface area contributed by atoms with E-state index >= 15 is 0 Å². The van der Waals surface area contributed by atoms with Crippen molar-refractivity contribution in [3.8, 4) is 22.6 Å². The number of carbonyl (C=O) groups is 1. The summed E-state index contributed by atoms with van der Waals surface area (Å²) in [6, 6.07) is 9.06. The zero-order chi connectivity index (χ0) is 21.8. The van der Waals surface area contributed by atoms with E-state index in [1.54, 1.807) is 19.2 Å². The van der Waals surface area contributed by atoms with Gasteiger partial charge in [-0.05, 0) is 91.0 Å². The molecule has 1 N–H and O–H groups in total. The average Bonchev–Trinajstić information content (AvgIpc) is 2.71. The Morgan fingerprint density at radius 3 is 2.35 bits per heavy atom. The van der Waals surface area contributed by atoms with E-state index in [0.717, 1.165) is 59.8 Å². The second-order valence-electron chi connectivity index (χ2n) is 9.66. The number of carboxylic acids is 1. The highest BCUT2D eigenvalue weighted by atomic mass is 35.5. The van der Waals surface area contributed by atoms with Crippen molar-refractivity contribution in [3.63, 3.8) is 0 Å². The lowest BCUT2D eigenvalue weighted by atomic mass is 9.48. The Hall–Kier alpha value is -2.46. The first-order valence-corrected chi connectivity index (χ1v) is 11.3. The van der Waals surface area contributed by atoms with Crippen molar-refractivity contribution in [2.45, 2.75) is 43.9 Å². The van der Waals surface area contributed by atoms with Crippen LogP contribution in [0.15, 0.2) is 36.4 Å². The van der Waals surface area contributed by atoms with Crippen molar-refractivity contribution < 1.29 is 19.7 Å². The van der Waals surface area contributed by atoms with Crippen molar-refractivity contribution in [1.82, 2.24) is 0 Å². The highest BCUT2D eigenvalue weighted by Gasteiger charge is 2.51. The highest BCUT2D eigenvalue weighted by molar-refractivity contribution is 6.31. The average molecular weight is 438 g/mol. The molecule has 4 saturated carbocycles. The van der Waals surface area contributed by atoms with Gasteiger partial charge in [0, 0.05) is 22.2 Å². The van der Waals surface area contributed by atoms with Crippen LogP contribution in [0.5, 0.6) is 11.5 Å².